The van der Waals surface area contributed by atoms with E-state index < -0.39 is 11.6 Å². The van der Waals surface area contributed by atoms with Gasteiger partial charge in [-0.25, -0.2) is 4.79 Å². The minimum absolute atomic E-state index is 0.00559. The highest BCUT2D eigenvalue weighted by molar-refractivity contribution is 5.76. The fourth-order valence-electron chi connectivity index (χ4n) is 1.27. The molecule has 0 aliphatic rings. The number of aliphatic hydroxyl groups is 1. The van der Waals surface area contributed by atoms with E-state index in [-0.39, 0.29) is 6.54 Å². The summed E-state index contributed by atoms with van der Waals surface area (Å²) < 4.78 is 5.02. The Hall–Kier alpha value is -1.59. The lowest BCUT2D eigenvalue weighted by Crippen LogP contribution is -2.44. The van der Waals surface area contributed by atoms with Crippen LogP contribution < -0.4 is 10.1 Å². The molecule has 0 amide bonds. The van der Waals surface area contributed by atoms with Crippen molar-refractivity contribution in [3.05, 3.63) is 29.8 Å². The quantitative estimate of drug-likeness (QED) is 0.678. The summed E-state index contributed by atoms with van der Waals surface area (Å²) in [7, 11) is 1.59. The third-order valence-electron chi connectivity index (χ3n) is 2.42. The highest BCUT2D eigenvalue weighted by Gasteiger charge is 2.28. The minimum Gasteiger partial charge on any atom is -0.497 e. The molecule has 0 aliphatic heterocycles. The van der Waals surface area contributed by atoms with Crippen molar-refractivity contribution in [3.63, 3.8) is 0 Å². The van der Waals surface area contributed by atoms with Gasteiger partial charge in [0.15, 0.2) is 5.60 Å². The maximum Gasteiger partial charge on any atom is 0.336 e. The molecule has 0 heterocycles. The van der Waals surface area contributed by atoms with Crippen molar-refractivity contribution in [2.45, 2.75) is 19.1 Å². The molecule has 1 aromatic rings. The number of aliphatic carboxylic acids is 1. The average Bonchev–Trinajstić information content (AvgIpc) is 2.29. The van der Waals surface area contributed by atoms with Crippen LogP contribution in [0.3, 0.4) is 0 Å². The molecule has 5 heteroatoms. The summed E-state index contributed by atoms with van der Waals surface area (Å²) in [6.07, 6.45) is 0. The second kappa shape index (κ2) is 5.65. The first-order chi connectivity index (χ1) is 7.95. The van der Waals surface area contributed by atoms with E-state index in [2.05, 4.69) is 5.32 Å². The molecule has 17 heavy (non-hydrogen) atoms. The van der Waals surface area contributed by atoms with Crippen LogP contribution in [0.4, 0.5) is 0 Å². The molecule has 1 rings (SSSR count). The van der Waals surface area contributed by atoms with E-state index in [1.54, 1.807) is 7.11 Å². The third kappa shape index (κ3) is 4.05. The smallest absolute Gasteiger partial charge is 0.336 e. The van der Waals surface area contributed by atoms with Gasteiger partial charge in [-0.05, 0) is 24.6 Å². The van der Waals surface area contributed by atoms with Gasteiger partial charge in [-0.15, -0.1) is 0 Å². The minimum atomic E-state index is -1.74. The topological polar surface area (TPSA) is 78.8 Å². The van der Waals surface area contributed by atoms with Gasteiger partial charge in [-0.3, -0.25) is 0 Å². The van der Waals surface area contributed by atoms with Crippen LogP contribution in [0, 0.1) is 0 Å². The van der Waals surface area contributed by atoms with Crippen LogP contribution in [0.5, 0.6) is 5.75 Å². The molecular formula is C12H17NO4. The Morgan fingerprint density at radius 2 is 2.00 bits per heavy atom. The molecule has 1 unspecified atom stereocenters. The van der Waals surface area contributed by atoms with E-state index in [9.17, 15) is 9.90 Å². The van der Waals surface area contributed by atoms with Gasteiger partial charge in [0.05, 0.1) is 7.11 Å². The molecule has 0 fully saturated rings. The van der Waals surface area contributed by atoms with Crippen molar-refractivity contribution in [2.24, 2.45) is 0 Å². The van der Waals surface area contributed by atoms with Crippen LogP contribution in [0.2, 0.25) is 0 Å². The van der Waals surface area contributed by atoms with Crippen molar-refractivity contribution in [3.8, 4) is 5.75 Å². The summed E-state index contributed by atoms with van der Waals surface area (Å²) in [6.45, 7) is 1.75. The van der Waals surface area contributed by atoms with E-state index in [0.717, 1.165) is 11.3 Å². The lowest BCUT2D eigenvalue weighted by molar-refractivity contribution is -0.156. The van der Waals surface area contributed by atoms with Crippen LogP contribution in [0.25, 0.3) is 0 Å². The summed E-state index contributed by atoms with van der Waals surface area (Å²) >= 11 is 0. The molecule has 5 nitrogen and oxygen atoms in total. The van der Waals surface area contributed by atoms with E-state index in [0.29, 0.717) is 6.54 Å². The summed E-state index contributed by atoms with van der Waals surface area (Å²) in [5, 5.41) is 21.1. The van der Waals surface area contributed by atoms with E-state index >= 15 is 0 Å². The van der Waals surface area contributed by atoms with Gasteiger partial charge in [0.25, 0.3) is 0 Å². The molecule has 0 aromatic heterocycles. The molecule has 1 aromatic carbocycles. The second-order valence-electron chi connectivity index (χ2n) is 4.03. The summed E-state index contributed by atoms with van der Waals surface area (Å²) in [5.74, 6) is -0.467. The lowest BCUT2D eigenvalue weighted by atomic mass is 10.1. The van der Waals surface area contributed by atoms with E-state index in [4.69, 9.17) is 9.84 Å². The zero-order valence-corrected chi connectivity index (χ0v) is 9.93. The van der Waals surface area contributed by atoms with Crippen molar-refractivity contribution < 1.29 is 19.7 Å². The number of nitrogens with one attached hydrogen (secondary N) is 1. The Balaban J connectivity index is 2.43. The Morgan fingerprint density at radius 3 is 2.47 bits per heavy atom. The molecule has 0 radical (unpaired) electrons. The number of benzene rings is 1. The number of rotatable bonds is 6. The maximum atomic E-state index is 10.6. The zero-order chi connectivity index (χ0) is 12.9. The molecule has 0 saturated heterocycles. The van der Waals surface area contributed by atoms with Crippen molar-refractivity contribution in [1.82, 2.24) is 5.32 Å². The lowest BCUT2D eigenvalue weighted by Gasteiger charge is -2.18. The fourth-order valence-corrected chi connectivity index (χ4v) is 1.27. The number of carboxylic acids is 1. The number of carbonyl (C=O) groups is 1. The molecule has 0 spiro atoms. The first kappa shape index (κ1) is 13.5. The molecule has 0 bridgehead atoms. The summed E-state index contributed by atoms with van der Waals surface area (Å²) in [4.78, 5) is 10.6. The van der Waals surface area contributed by atoms with Gasteiger partial charge in [-0.2, -0.15) is 0 Å². The fraction of sp³-hybridized carbons (Fsp3) is 0.417. The van der Waals surface area contributed by atoms with Crippen molar-refractivity contribution in [1.29, 1.82) is 0 Å². The van der Waals surface area contributed by atoms with Crippen LogP contribution in [0.15, 0.2) is 24.3 Å². The predicted molar refractivity (Wildman–Crippen MR) is 63.0 cm³/mol. The van der Waals surface area contributed by atoms with Gasteiger partial charge in [0.1, 0.15) is 5.75 Å². The average molecular weight is 239 g/mol. The number of methoxy groups -OCH3 is 1. The molecule has 3 N–H and O–H groups in total. The van der Waals surface area contributed by atoms with Crippen LogP contribution in [0.1, 0.15) is 12.5 Å². The third-order valence-corrected chi connectivity index (χ3v) is 2.42. The van der Waals surface area contributed by atoms with Crippen molar-refractivity contribution >= 4 is 5.97 Å². The first-order valence-electron chi connectivity index (χ1n) is 5.25. The predicted octanol–water partition coefficient (Wildman–Crippen LogP) is 0.620. The van der Waals surface area contributed by atoms with Crippen molar-refractivity contribution in [2.75, 3.05) is 13.7 Å². The SMILES string of the molecule is COc1ccc(CNCC(C)(O)C(=O)O)cc1. The number of hydrogen-bond acceptors (Lipinski definition) is 4. The standard InChI is InChI=1S/C12H17NO4/c1-12(16,11(14)15)8-13-7-9-3-5-10(17-2)6-4-9/h3-6,13,16H,7-8H2,1-2H3,(H,14,15). The molecule has 0 saturated carbocycles. The molecule has 0 aliphatic carbocycles. The Morgan fingerprint density at radius 1 is 1.41 bits per heavy atom. The Bertz CT molecular complexity index is 373. The van der Waals surface area contributed by atoms with Gasteiger partial charge >= 0.3 is 5.97 Å². The summed E-state index contributed by atoms with van der Waals surface area (Å²) in [6, 6.07) is 7.40. The van der Waals surface area contributed by atoms with Crippen LogP contribution >= 0.6 is 0 Å². The first-order valence-corrected chi connectivity index (χ1v) is 5.25. The Labute approximate surface area is 100 Å². The van der Waals surface area contributed by atoms with Gasteiger partial charge in [0.2, 0.25) is 0 Å². The van der Waals surface area contributed by atoms with E-state index in [1.807, 2.05) is 24.3 Å². The highest BCUT2D eigenvalue weighted by atomic mass is 16.5. The summed E-state index contributed by atoms with van der Waals surface area (Å²) in [5.41, 5.74) is -0.751. The normalized spacial score (nSPS) is 14.1. The molecular weight excluding hydrogens is 222 g/mol. The molecule has 94 valence electrons. The van der Waals surface area contributed by atoms with Crippen LogP contribution in [-0.2, 0) is 11.3 Å². The molecule has 1 atom stereocenters. The Kier molecular flexibility index (Phi) is 4.48. The number of ether oxygens (including phenoxy) is 1. The highest BCUT2D eigenvalue weighted by Crippen LogP contribution is 2.11. The zero-order valence-electron chi connectivity index (χ0n) is 9.93. The number of hydrogen-bond donors (Lipinski definition) is 3. The monoisotopic (exact) mass is 239 g/mol. The van der Waals surface area contributed by atoms with Gasteiger partial charge in [-0.1, -0.05) is 12.1 Å². The largest absolute Gasteiger partial charge is 0.497 e. The maximum absolute atomic E-state index is 10.6. The van der Waals surface area contributed by atoms with Crippen LogP contribution in [-0.4, -0.2) is 35.4 Å². The van der Waals surface area contributed by atoms with E-state index in [1.165, 1.54) is 6.92 Å². The number of carboxylic acid groups (broad SMARTS) is 1. The van der Waals surface area contributed by atoms with Gasteiger partial charge < -0.3 is 20.3 Å². The second-order valence-corrected chi connectivity index (χ2v) is 4.03. The van der Waals surface area contributed by atoms with Gasteiger partial charge in [0, 0.05) is 13.1 Å².